The zero-order valence-corrected chi connectivity index (χ0v) is 16.1. The van der Waals surface area contributed by atoms with Crippen molar-refractivity contribution >= 4 is 17.6 Å². The molecule has 2 atom stereocenters. The Bertz CT molecular complexity index is 984. The van der Waals surface area contributed by atoms with Gasteiger partial charge in [0.05, 0.1) is 16.2 Å². The van der Waals surface area contributed by atoms with Crippen LogP contribution in [0.25, 0.3) is 0 Å². The summed E-state index contributed by atoms with van der Waals surface area (Å²) in [7, 11) is 0. The van der Waals surface area contributed by atoms with Crippen molar-refractivity contribution < 1.29 is 15.1 Å². The number of non-ortho nitro benzene ring substituents is 1. The summed E-state index contributed by atoms with van der Waals surface area (Å²) < 4.78 is 0. The van der Waals surface area contributed by atoms with Gasteiger partial charge in [0.15, 0.2) is 0 Å². The first-order chi connectivity index (χ1) is 13.8. The lowest BCUT2D eigenvalue weighted by molar-refractivity contribution is -0.384. The highest BCUT2D eigenvalue weighted by atomic mass is 16.6. The molecule has 0 amide bonds. The molecule has 6 rings (SSSR count). The quantitative estimate of drug-likeness (QED) is 0.450. The van der Waals surface area contributed by atoms with Crippen LogP contribution in [0.4, 0.5) is 11.4 Å². The molecule has 4 bridgehead atoms. The number of aliphatic hydroxyl groups is 1. The minimum absolute atomic E-state index is 0.0437. The Morgan fingerprint density at radius 3 is 2.38 bits per heavy atom. The SMILES string of the molecule is O=[N+]([O-])c1ccc(O)c(C=Nc2ccc(C34CC5CC(CC(O)(C5)C3)C4)cc2)c1. The number of rotatable bonds is 4. The second-order valence-electron chi connectivity index (χ2n) is 9.27. The fourth-order valence-corrected chi connectivity index (χ4v) is 6.36. The molecule has 4 saturated carbocycles. The zero-order valence-electron chi connectivity index (χ0n) is 16.1. The molecule has 2 unspecified atom stereocenters. The summed E-state index contributed by atoms with van der Waals surface area (Å²) in [6.07, 6.45) is 7.81. The Morgan fingerprint density at radius 1 is 1.07 bits per heavy atom. The van der Waals surface area contributed by atoms with Gasteiger partial charge in [0.1, 0.15) is 5.75 Å². The second kappa shape index (κ2) is 6.39. The maximum Gasteiger partial charge on any atom is 0.270 e. The van der Waals surface area contributed by atoms with Gasteiger partial charge in [-0.25, -0.2) is 0 Å². The standard InChI is InChI=1S/C23H24N2O4/c26-21-6-5-20(25(28)29)8-17(21)13-24-19-3-1-18(2-4-19)22-9-15-7-16(10-22)12-23(27,11-15)14-22/h1-6,8,13,15-16,26-27H,7,9-12,14H2. The normalized spacial score (nSPS) is 32.7. The number of hydrogen-bond acceptors (Lipinski definition) is 5. The van der Waals surface area contributed by atoms with Gasteiger partial charge >= 0.3 is 0 Å². The number of nitrogens with zero attached hydrogens (tertiary/aromatic N) is 2. The highest BCUT2D eigenvalue weighted by molar-refractivity contribution is 5.86. The monoisotopic (exact) mass is 392 g/mol. The summed E-state index contributed by atoms with van der Waals surface area (Å²) in [5, 5.41) is 31.8. The molecule has 0 saturated heterocycles. The minimum Gasteiger partial charge on any atom is -0.507 e. The summed E-state index contributed by atoms with van der Waals surface area (Å²) in [6, 6.07) is 12.0. The molecule has 0 radical (unpaired) electrons. The van der Waals surface area contributed by atoms with Crippen LogP contribution in [0.1, 0.15) is 49.7 Å². The van der Waals surface area contributed by atoms with Crippen LogP contribution in [0.15, 0.2) is 47.5 Å². The van der Waals surface area contributed by atoms with E-state index in [0.29, 0.717) is 17.4 Å². The van der Waals surface area contributed by atoms with Gasteiger partial charge in [-0.3, -0.25) is 15.1 Å². The number of phenolic OH excluding ortho intramolecular Hbond substituents is 1. The third-order valence-corrected chi connectivity index (χ3v) is 7.08. The average Bonchev–Trinajstić information content (AvgIpc) is 2.65. The van der Waals surface area contributed by atoms with E-state index in [1.807, 2.05) is 12.1 Å². The summed E-state index contributed by atoms with van der Waals surface area (Å²) >= 11 is 0. The van der Waals surface area contributed by atoms with Crippen LogP contribution in [0, 0.1) is 22.0 Å². The molecule has 0 aromatic heterocycles. The van der Waals surface area contributed by atoms with Crippen LogP contribution in [-0.4, -0.2) is 27.0 Å². The lowest BCUT2D eigenvalue weighted by atomic mass is 9.46. The van der Waals surface area contributed by atoms with Crippen molar-refractivity contribution in [1.29, 1.82) is 0 Å². The summed E-state index contributed by atoms with van der Waals surface area (Å²) in [5.74, 6) is 1.23. The van der Waals surface area contributed by atoms with Crippen molar-refractivity contribution in [1.82, 2.24) is 0 Å². The predicted octanol–water partition coefficient (Wildman–Crippen LogP) is 4.63. The highest BCUT2D eigenvalue weighted by Gasteiger charge is 2.57. The number of aromatic hydroxyl groups is 1. The molecule has 2 aromatic rings. The van der Waals surface area contributed by atoms with Crippen LogP contribution < -0.4 is 0 Å². The van der Waals surface area contributed by atoms with Crippen LogP contribution in [0.5, 0.6) is 5.75 Å². The van der Waals surface area contributed by atoms with Crippen molar-refractivity contribution in [2.45, 2.75) is 49.5 Å². The summed E-state index contributed by atoms with van der Waals surface area (Å²) in [4.78, 5) is 14.8. The van der Waals surface area contributed by atoms with Gasteiger partial charge < -0.3 is 10.2 Å². The first-order valence-corrected chi connectivity index (χ1v) is 10.2. The molecule has 4 fully saturated rings. The lowest BCUT2D eigenvalue weighted by Crippen LogP contribution is -2.57. The molecule has 4 aliphatic rings. The molecule has 2 aromatic carbocycles. The van der Waals surface area contributed by atoms with Gasteiger partial charge in [0.2, 0.25) is 0 Å². The Kier molecular flexibility index (Phi) is 4.03. The van der Waals surface area contributed by atoms with Crippen LogP contribution in [-0.2, 0) is 5.41 Å². The summed E-state index contributed by atoms with van der Waals surface area (Å²) in [6.45, 7) is 0. The zero-order chi connectivity index (χ0) is 20.2. The van der Waals surface area contributed by atoms with E-state index in [1.54, 1.807) is 0 Å². The predicted molar refractivity (Wildman–Crippen MR) is 110 cm³/mol. The van der Waals surface area contributed by atoms with E-state index >= 15 is 0 Å². The van der Waals surface area contributed by atoms with Gasteiger partial charge in [0, 0.05) is 23.9 Å². The molecule has 29 heavy (non-hydrogen) atoms. The molecule has 0 spiro atoms. The van der Waals surface area contributed by atoms with E-state index in [-0.39, 0.29) is 16.9 Å². The Hall–Kier alpha value is -2.73. The fraction of sp³-hybridized carbons (Fsp3) is 0.435. The van der Waals surface area contributed by atoms with Gasteiger partial charge in [-0.2, -0.15) is 0 Å². The maximum absolute atomic E-state index is 11.0. The third-order valence-electron chi connectivity index (χ3n) is 7.08. The molecule has 2 N–H and O–H groups in total. The first-order valence-electron chi connectivity index (χ1n) is 10.2. The maximum atomic E-state index is 11.0. The lowest BCUT2D eigenvalue weighted by Gasteiger charge is -2.60. The number of benzene rings is 2. The fourth-order valence-electron chi connectivity index (χ4n) is 6.36. The topological polar surface area (TPSA) is 96.0 Å². The van der Waals surface area contributed by atoms with Crippen LogP contribution in [0.2, 0.25) is 0 Å². The van der Waals surface area contributed by atoms with Gasteiger partial charge in [-0.15, -0.1) is 0 Å². The molecule has 6 nitrogen and oxygen atoms in total. The van der Waals surface area contributed by atoms with E-state index in [9.17, 15) is 20.3 Å². The number of phenols is 1. The van der Waals surface area contributed by atoms with E-state index in [2.05, 4.69) is 17.1 Å². The largest absolute Gasteiger partial charge is 0.507 e. The molecule has 0 aliphatic heterocycles. The van der Waals surface area contributed by atoms with Crippen molar-refractivity contribution in [2.24, 2.45) is 16.8 Å². The second-order valence-corrected chi connectivity index (χ2v) is 9.27. The van der Waals surface area contributed by atoms with Crippen molar-refractivity contribution in [3.05, 3.63) is 63.7 Å². The summed E-state index contributed by atoms with van der Waals surface area (Å²) in [5.41, 5.74) is 1.83. The van der Waals surface area contributed by atoms with Crippen molar-refractivity contribution in [3.8, 4) is 5.75 Å². The molecule has 0 heterocycles. The minimum atomic E-state index is -0.495. The smallest absolute Gasteiger partial charge is 0.270 e. The van der Waals surface area contributed by atoms with E-state index in [1.165, 1.54) is 36.4 Å². The average molecular weight is 392 g/mol. The number of aliphatic imine (C=N–C) groups is 1. The third kappa shape index (κ3) is 3.21. The van der Waals surface area contributed by atoms with Gasteiger partial charge in [-0.1, -0.05) is 12.1 Å². The Morgan fingerprint density at radius 2 is 1.76 bits per heavy atom. The molecule has 4 aliphatic carbocycles. The van der Waals surface area contributed by atoms with E-state index < -0.39 is 10.5 Å². The number of nitro benzene ring substituents is 1. The first kappa shape index (κ1) is 18.3. The molecule has 150 valence electrons. The molecular formula is C23H24N2O4. The van der Waals surface area contributed by atoms with Crippen molar-refractivity contribution in [3.63, 3.8) is 0 Å². The van der Waals surface area contributed by atoms with Gasteiger partial charge in [0.25, 0.3) is 5.69 Å². The van der Waals surface area contributed by atoms with E-state index in [4.69, 9.17) is 0 Å². The Balaban J connectivity index is 1.38. The highest BCUT2D eigenvalue weighted by Crippen LogP contribution is 2.62. The molecule has 6 heteroatoms. The van der Waals surface area contributed by atoms with Crippen LogP contribution >= 0.6 is 0 Å². The number of nitro groups is 1. The van der Waals surface area contributed by atoms with Gasteiger partial charge in [-0.05, 0) is 79.5 Å². The van der Waals surface area contributed by atoms with Crippen molar-refractivity contribution in [2.75, 3.05) is 0 Å². The molecular weight excluding hydrogens is 368 g/mol. The van der Waals surface area contributed by atoms with Crippen LogP contribution in [0.3, 0.4) is 0 Å². The number of hydrogen-bond donors (Lipinski definition) is 2. The van der Waals surface area contributed by atoms with E-state index in [0.717, 1.165) is 37.8 Å². The Labute approximate surface area is 169 Å².